The molecular formula is C13H15N5O. The van der Waals surface area contributed by atoms with E-state index in [1.54, 1.807) is 0 Å². The van der Waals surface area contributed by atoms with Crippen molar-refractivity contribution >= 4 is 17.6 Å². The van der Waals surface area contributed by atoms with Gasteiger partial charge in [0.15, 0.2) is 0 Å². The summed E-state index contributed by atoms with van der Waals surface area (Å²) in [4.78, 5) is 14.4. The second-order valence-electron chi connectivity index (χ2n) is 4.36. The van der Waals surface area contributed by atoms with E-state index >= 15 is 0 Å². The number of nitrogen functional groups attached to an aromatic ring is 1. The van der Waals surface area contributed by atoms with E-state index in [1.807, 2.05) is 12.1 Å². The van der Waals surface area contributed by atoms with Crippen LogP contribution < -0.4 is 15.4 Å². The van der Waals surface area contributed by atoms with E-state index in [0.717, 1.165) is 25.1 Å². The summed E-state index contributed by atoms with van der Waals surface area (Å²) < 4.78 is 5.05. The van der Waals surface area contributed by atoms with Crippen LogP contribution in [-0.2, 0) is 6.42 Å². The SMILES string of the molecule is COc1nc(N)nc(N2CCCc3ccccc32)n1. The van der Waals surface area contributed by atoms with Gasteiger partial charge in [0.1, 0.15) is 0 Å². The topological polar surface area (TPSA) is 77.2 Å². The van der Waals surface area contributed by atoms with Crippen molar-refractivity contribution in [2.75, 3.05) is 24.3 Å². The van der Waals surface area contributed by atoms with Gasteiger partial charge < -0.3 is 15.4 Å². The predicted octanol–water partition coefficient (Wildman–Crippen LogP) is 1.55. The first-order chi connectivity index (χ1) is 9.28. The summed E-state index contributed by atoms with van der Waals surface area (Å²) in [6, 6.07) is 8.50. The van der Waals surface area contributed by atoms with Crippen LogP contribution in [-0.4, -0.2) is 28.6 Å². The Balaban J connectivity index is 2.06. The fourth-order valence-corrected chi connectivity index (χ4v) is 2.31. The van der Waals surface area contributed by atoms with Crippen molar-refractivity contribution in [1.82, 2.24) is 15.0 Å². The van der Waals surface area contributed by atoms with Crippen molar-refractivity contribution in [3.8, 4) is 6.01 Å². The largest absolute Gasteiger partial charge is 0.467 e. The molecule has 0 bridgehead atoms. The van der Waals surface area contributed by atoms with Gasteiger partial charge >= 0.3 is 6.01 Å². The minimum atomic E-state index is 0.171. The van der Waals surface area contributed by atoms with Crippen LogP contribution in [0.5, 0.6) is 6.01 Å². The van der Waals surface area contributed by atoms with E-state index in [-0.39, 0.29) is 12.0 Å². The van der Waals surface area contributed by atoms with Gasteiger partial charge in [0.25, 0.3) is 0 Å². The third-order valence-electron chi connectivity index (χ3n) is 3.15. The van der Waals surface area contributed by atoms with Crippen molar-refractivity contribution in [1.29, 1.82) is 0 Å². The first kappa shape index (κ1) is 11.7. The van der Waals surface area contributed by atoms with Gasteiger partial charge in [-0.2, -0.15) is 15.0 Å². The molecule has 0 fully saturated rings. The summed E-state index contributed by atoms with van der Waals surface area (Å²) in [7, 11) is 1.52. The Morgan fingerprint density at radius 3 is 2.89 bits per heavy atom. The smallest absolute Gasteiger partial charge is 0.322 e. The van der Waals surface area contributed by atoms with Crippen LogP contribution in [0.3, 0.4) is 0 Å². The first-order valence-corrected chi connectivity index (χ1v) is 6.19. The number of methoxy groups -OCH3 is 1. The molecule has 1 aliphatic heterocycles. The lowest BCUT2D eigenvalue weighted by Gasteiger charge is -2.29. The highest BCUT2D eigenvalue weighted by molar-refractivity contribution is 5.63. The lowest BCUT2D eigenvalue weighted by Crippen LogP contribution is -2.26. The average molecular weight is 257 g/mol. The summed E-state index contributed by atoms with van der Waals surface area (Å²) in [5, 5.41) is 0. The number of hydrogen-bond acceptors (Lipinski definition) is 6. The van der Waals surface area contributed by atoms with Crippen LogP contribution in [0.2, 0.25) is 0 Å². The zero-order valence-corrected chi connectivity index (χ0v) is 10.7. The molecule has 2 aromatic rings. The Bertz CT molecular complexity index is 601. The number of anilines is 3. The molecule has 98 valence electrons. The minimum absolute atomic E-state index is 0.171. The van der Waals surface area contributed by atoms with Gasteiger partial charge in [-0.15, -0.1) is 0 Å². The lowest BCUT2D eigenvalue weighted by atomic mass is 10.0. The Hall–Kier alpha value is -2.37. The number of nitrogens with two attached hydrogens (primary N) is 1. The molecule has 0 aliphatic carbocycles. The summed E-state index contributed by atoms with van der Waals surface area (Å²) >= 11 is 0. The molecular weight excluding hydrogens is 242 g/mol. The van der Waals surface area contributed by atoms with E-state index in [2.05, 4.69) is 32.0 Å². The highest BCUT2D eigenvalue weighted by atomic mass is 16.5. The second-order valence-corrected chi connectivity index (χ2v) is 4.36. The Morgan fingerprint density at radius 2 is 2.05 bits per heavy atom. The van der Waals surface area contributed by atoms with Crippen molar-refractivity contribution < 1.29 is 4.74 Å². The number of aryl methyl sites for hydroxylation is 1. The van der Waals surface area contributed by atoms with Crippen LogP contribution in [0, 0.1) is 0 Å². The maximum absolute atomic E-state index is 5.69. The lowest BCUT2D eigenvalue weighted by molar-refractivity contribution is 0.379. The number of ether oxygens (including phenoxy) is 1. The van der Waals surface area contributed by atoms with E-state index in [9.17, 15) is 0 Å². The number of aromatic nitrogens is 3. The molecule has 2 N–H and O–H groups in total. The maximum atomic E-state index is 5.69. The predicted molar refractivity (Wildman–Crippen MR) is 72.6 cm³/mol. The van der Waals surface area contributed by atoms with E-state index in [1.165, 1.54) is 12.7 Å². The minimum Gasteiger partial charge on any atom is -0.467 e. The van der Waals surface area contributed by atoms with E-state index in [0.29, 0.717) is 5.95 Å². The van der Waals surface area contributed by atoms with Crippen molar-refractivity contribution in [3.63, 3.8) is 0 Å². The Morgan fingerprint density at radius 1 is 1.21 bits per heavy atom. The zero-order valence-electron chi connectivity index (χ0n) is 10.7. The molecule has 2 heterocycles. The quantitative estimate of drug-likeness (QED) is 0.879. The third kappa shape index (κ3) is 2.16. The molecule has 6 heteroatoms. The summed E-state index contributed by atoms with van der Waals surface area (Å²) in [6.45, 7) is 0.865. The monoisotopic (exact) mass is 257 g/mol. The fraction of sp³-hybridized carbons (Fsp3) is 0.308. The van der Waals surface area contributed by atoms with Gasteiger partial charge in [0.05, 0.1) is 7.11 Å². The van der Waals surface area contributed by atoms with Crippen LogP contribution in [0.4, 0.5) is 17.6 Å². The molecule has 0 amide bonds. The molecule has 0 unspecified atom stereocenters. The number of hydrogen-bond donors (Lipinski definition) is 1. The first-order valence-electron chi connectivity index (χ1n) is 6.19. The summed E-state index contributed by atoms with van der Waals surface area (Å²) in [6.07, 6.45) is 2.13. The molecule has 1 aromatic carbocycles. The molecule has 3 rings (SSSR count). The summed E-state index contributed by atoms with van der Waals surface area (Å²) in [5.74, 6) is 0.710. The molecule has 0 atom stereocenters. The Kier molecular flexibility index (Phi) is 2.91. The number of fused-ring (bicyclic) bond motifs is 1. The molecule has 0 saturated carbocycles. The van der Waals surface area contributed by atoms with Crippen LogP contribution in [0.1, 0.15) is 12.0 Å². The van der Waals surface area contributed by atoms with Crippen molar-refractivity contribution in [2.24, 2.45) is 0 Å². The van der Waals surface area contributed by atoms with Gasteiger partial charge in [-0.3, -0.25) is 0 Å². The molecule has 0 spiro atoms. The van der Waals surface area contributed by atoms with Crippen molar-refractivity contribution in [2.45, 2.75) is 12.8 Å². The number of rotatable bonds is 2. The van der Waals surface area contributed by atoms with E-state index in [4.69, 9.17) is 10.5 Å². The maximum Gasteiger partial charge on any atom is 0.322 e. The average Bonchev–Trinajstić information content (AvgIpc) is 2.46. The van der Waals surface area contributed by atoms with E-state index < -0.39 is 0 Å². The number of para-hydroxylation sites is 1. The molecule has 0 radical (unpaired) electrons. The highest BCUT2D eigenvalue weighted by Crippen LogP contribution is 2.31. The molecule has 19 heavy (non-hydrogen) atoms. The number of benzene rings is 1. The Labute approximate surface area is 111 Å². The van der Waals surface area contributed by atoms with Crippen molar-refractivity contribution in [3.05, 3.63) is 29.8 Å². The van der Waals surface area contributed by atoms with Gasteiger partial charge in [-0.1, -0.05) is 18.2 Å². The standard InChI is InChI=1S/C13H15N5O/c1-19-13-16-11(14)15-12(17-13)18-8-4-6-9-5-2-3-7-10(9)18/h2-3,5,7H,4,6,8H2,1H3,(H2,14,15,16,17). The van der Waals surface area contributed by atoms with Crippen LogP contribution >= 0.6 is 0 Å². The van der Waals surface area contributed by atoms with Gasteiger partial charge in [0.2, 0.25) is 11.9 Å². The second kappa shape index (κ2) is 4.72. The van der Waals surface area contributed by atoms with Gasteiger partial charge in [-0.05, 0) is 24.5 Å². The number of nitrogens with zero attached hydrogens (tertiary/aromatic N) is 4. The molecule has 1 aliphatic rings. The zero-order chi connectivity index (χ0) is 13.2. The van der Waals surface area contributed by atoms with Gasteiger partial charge in [-0.25, -0.2) is 0 Å². The van der Waals surface area contributed by atoms with Gasteiger partial charge in [0, 0.05) is 12.2 Å². The normalized spacial score (nSPS) is 14.1. The molecule has 1 aromatic heterocycles. The summed E-state index contributed by atoms with van der Waals surface area (Å²) in [5.41, 5.74) is 8.12. The highest BCUT2D eigenvalue weighted by Gasteiger charge is 2.21. The fourth-order valence-electron chi connectivity index (χ4n) is 2.31. The van der Waals surface area contributed by atoms with Crippen LogP contribution in [0.25, 0.3) is 0 Å². The van der Waals surface area contributed by atoms with Crippen LogP contribution in [0.15, 0.2) is 24.3 Å². The third-order valence-corrected chi connectivity index (χ3v) is 3.15. The molecule has 6 nitrogen and oxygen atoms in total. The molecule has 0 saturated heterocycles.